The molecule has 2 rings (SSSR count). The third kappa shape index (κ3) is 4.87. The first-order valence-electron chi connectivity index (χ1n) is 7.43. The van der Waals surface area contributed by atoms with E-state index in [2.05, 4.69) is 5.32 Å². The van der Waals surface area contributed by atoms with Crippen LogP contribution in [0.5, 0.6) is 0 Å². The van der Waals surface area contributed by atoms with Crippen LogP contribution in [-0.4, -0.2) is 14.3 Å². The van der Waals surface area contributed by atoms with Gasteiger partial charge < -0.3 is 5.32 Å². The zero-order chi connectivity index (χ0) is 17.7. The summed E-state index contributed by atoms with van der Waals surface area (Å²) in [6.07, 6.45) is 0.482. The number of aryl methyl sites for hydroxylation is 1. The summed E-state index contributed by atoms with van der Waals surface area (Å²) in [4.78, 5) is 12.0. The molecule has 3 N–H and O–H groups in total. The Balaban J connectivity index is 1.93. The highest BCUT2D eigenvalue weighted by molar-refractivity contribution is 7.89. The molecule has 0 spiro atoms. The Morgan fingerprint density at radius 3 is 2.38 bits per heavy atom. The van der Waals surface area contributed by atoms with Crippen molar-refractivity contribution in [3.05, 3.63) is 65.5 Å². The maximum atomic E-state index is 13.5. The minimum atomic E-state index is -3.73. The average Bonchev–Trinajstić information content (AvgIpc) is 2.53. The molecule has 0 fully saturated rings. The summed E-state index contributed by atoms with van der Waals surface area (Å²) >= 11 is 0. The number of carbonyl (C=O) groups is 1. The molecule has 5 nitrogen and oxygen atoms in total. The van der Waals surface area contributed by atoms with Crippen LogP contribution >= 0.6 is 0 Å². The highest BCUT2D eigenvalue weighted by atomic mass is 32.2. The van der Waals surface area contributed by atoms with E-state index in [0.29, 0.717) is 12.0 Å². The van der Waals surface area contributed by atoms with E-state index in [1.165, 1.54) is 18.2 Å². The first kappa shape index (κ1) is 18.1. The SMILES string of the molecule is CC(NC(=O)CCc1ccccc1F)c1ccc(S(N)(=O)=O)cc1. The summed E-state index contributed by atoms with van der Waals surface area (Å²) in [7, 11) is -3.73. The van der Waals surface area contributed by atoms with Crippen LogP contribution in [-0.2, 0) is 21.2 Å². The van der Waals surface area contributed by atoms with Gasteiger partial charge in [-0.3, -0.25) is 4.79 Å². The van der Waals surface area contributed by atoms with Gasteiger partial charge in [0.1, 0.15) is 5.82 Å². The first-order valence-corrected chi connectivity index (χ1v) is 8.97. The maximum Gasteiger partial charge on any atom is 0.238 e. The molecule has 0 aliphatic rings. The predicted molar refractivity (Wildman–Crippen MR) is 89.1 cm³/mol. The maximum absolute atomic E-state index is 13.5. The van der Waals surface area contributed by atoms with E-state index in [9.17, 15) is 17.6 Å². The quantitative estimate of drug-likeness (QED) is 0.837. The van der Waals surface area contributed by atoms with E-state index < -0.39 is 10.0 Å². The van der Waals surface area contributed by atoms with E-state index in [4.69, 9.17) is 5.14 Å². The third-order valence-corrected chi connectivity index (χ3v) is 4.59. The van der Waals surface area contributed by atoms with Crippen molar-refractivity contribution >= 4 is 15.9 Å². The van der Waals surface area contributed by atoms with Gasteiger partial charge >= 0.3 is 0 Å². The predicted octanol–water partition coefficient (Wildman–Crippen LogP) is 2.28. The highest BCUT2D eigenvalue weighted by Crippen LogP contribution is 2.16. The van der Waals surface area contributed by atoms with Gasteiger partial charge in [-0.25, -0.2) is 17.9 Å². The zero-order valence-corrected chi connectivity index (χ0v) is 14.0. The fourth-order valence-electron chi connectivity index (χ4n) is 2.29. The van der Waals surface area contributed by atoms with Crippen LogP contribution < -0.4 is 10.5 Å². The molecule has 0 aliphatic carbocycles. The molecular formula is C17H19FN2O3S. The largest absolute Gasteiger partial charge is 0.350 e. The second kappa shape index (κ2) is 7.55. The summed E-state index contributed by atoms with van der Waals surface area (Å²) in [6.45, 7) is 1.78. The molecule has 0 saturated heterocycles. The van der Waals surface area contributed by atoms with Gasteiger partial charge in [-0.05, 0) is 42.7 Å². The molecule has 128 valence electrons. The molecule has 1 amide bonds. The summed E-state index contributed by atoms with van der Waals surface area (Å²) in [5.41, 5.74) is 1.25. The van der Waals surface area contributed by atoms with Crippen LogP contribution in [0.4, 0.5) is 4.39 Å². The van der Waals surface area contributed by atoms with E-state index >= 15 is 0 Å². The fourth-order valence-corrected chi connectivity index (χ4v) is 2.81. The van der Waals surface area contributed by atoms with Crippen molar-refractivity contribution in [3.63, 3.8) is 0 Å². The lowest BCUT2D eigenvalue weighted by atomic mass is 10.1. The van der Waals surface area contributed by atoms with Crippen molar-refractivity contribution in [2.45, 2.75) is 30.7 Å². The Kier molecular flexibility index (Phi) is 5.69. The topological polar surface area (TPSA) is 89.3 Å². The molecule has 0 saturated carbocycles. The van der Waals surface area contributed by atoms with Crippen LogP contribution in [0.2, 0.25) is 0 Å². The van der Waals surface area contributed by atoms with Crippen molar-refractivity contribution in [1.82, 2.24) is 5.32 Å². The number of carbonyl (C=O) groups excluding carboxylic acids is 1. The molecule has 2 aromatic rings. The Bertz CT molecular complexity index is 820. The van der Waals surface area contributed by atoms with Gasteiger partial charge in [-0.1, -0.05) is 30.3 Å². The molecule has 24 heavy (non-hydrogen) atoms. The van der Waals surface area contributed by atoms with Crippen LogP contribution in [0.15, 0.2) is 53.4 Å². The molecule has 1 atom stereocenters. The third-order valence-electron chi connectivity index (χ3n) is 3.67. The van der Waals surface area contributed by atoms with Gasteiger partial charge in [0.05, 0.1) is 10.9 Å². The van der Waals surface area contributed by atoms with Gasteiger partial charge in [0, 0.05) is 6.42 Å². The average molecular weight is 350 g/mol. The van der Waals surface area contributed by atoms with Crippen LogP contribution in [0.3, 0.4) is 0 Å². The van der Waals surface area contributed by atoms with Gasteiger partial charge in [0.25, 0.3) is 0 Å². The number of amides is 1. The molecule has 0 aromatic heterocycles. The second-order valence-electron chi connectivity index (χ2n) is 5.49. The van der Waals surface area contributed by atoms with Crippen molar-refractivity contribution in [2.24, 2.45) is 5.14 Å². The van der Waals surface area contributed by atoms with Gasteiger partial charge in [-0.15, -0.1) is 0 Å². The number of sulfonamides is 1. The number of nitrogens with one attached hydrogen (secondary N) is 1. The number of benzene rings is 2. The van der Waals surface area contributed by atoms with Crippen molar-refractivity contribution in [3.8, 4) is 0 Å². The lowest BCUT2D eigenvalue weighted by molar-refractivity contribution is -0.121. The first-order chi connectivity index (χ1) is 11.3. The van der Waals surface area contributed by atoms with Gasteiger partial charge in [0.2, 0.25) is 15.9 Å². The number of hydrogen-bond donors (Lipinski definition) is 2. The number of halogens is 1. The Hall–Kier alpha value is -2.25. The zero-order valence-electron chi connectivity index (χ0n) is 13.2. The normalized spacial score (nSPS) is 12.6. The Labute approximate surface area is 140 Å². The molecule has 1 unspecified atom stereocenters. The minimum absolute atomic E-state index is 0.0179. The van der Waals surface area contributed by atoms with Gasteiger partial charge in [0.15, 0.2) is 0 Å². The number of nitrogens with two attached hydrogens (primary N) is 1. The van der Waals surface area contributed by atoms with Crippen LogP contribution in [0, 0.1) is 5.82 Å². The second-order valence-corrected chi connectivity index (χ2v) is 7.06. The molecule has 7 heteroatoms. The van der Waals surface area contributed by atoms with E-state index in [1.807, 2.05) is 0 Å². The monoisotopic (exact) mass is 350 g/mol. The summed E-state index contributed by atoms with van der Waals surface area (Å²) in [5, 5.41) is 7.84. The molecule has 2 aromatic carbocycles. The lowest BCUT2D eigenvalue weighted by Gasteiger charge is -2.15. The van der Waals surface area contributed by atoms with E-state index in [-0.39, 0.29) is 29.1 Å². The molecule has 0 radical (unpaired) electrons. The minimum Gasteiger partial charge on any atom is -0.350 e. The van der Waals surface area contributed by atoms with E-state index in [0.717, 1.165) is 5.56 Å². The Morgan fingerprint density at radius 1 is 1.17 bits per heavy atom. The van der Waals surface area contributed by atoms with Crippen LogP contribution in [0.1, 0.15) is 30.5 Å². The molecule has 0 aliphatic heterocycles. The fraction of sp³-hybridized carbons (Fsp3) is 0.235. The Morgan fingerprint density at radius 2 is 1.79 bits per heavy atom. The smallest absolute Gasteiger partial charge is 0.238 e. The van der Waals surface area contributed by atoms with Crippen molar-refractivity contribution in [1.29, 1.82) is 0 Å². The highest BCUT2D eigenvalue weighted by Gasteiger charge is 2.12. The number of primary sulfonamides is 1. The molecule has 0 heterocycles. The lowest BCUT2D eigenvalue weighted by Crippen LogP contribution is -2.27. The number of hydrogen-bond acceptors (Lipinski definition) is 3. The van der Waals surface area contributed by atoms with Gasteiger partial charge in [-0.2, -0.15) is 0 Å². The van der Waals surface area contributed by atoms with Crippen LogP contribution in [0.25, 0.3) is 0 Å². The number of rotatable bonds is 6. The molecular weight excluding hydrogens is 331 g/mol. The molecule has 0 bridgehead atoms. The standard InChI is InChI=1S/C17H19FN2O3S/c1-12(13-6-9-15(10-7-13)24(19,22)23)20-17(21)11-8-14-4-2-3-5-16(14)18/h2-7,9-10,12H,8,11H2,1H3,(H,20,21)(H2,19,22,23). The van der Waals surface area contributed by atoms with E-state index in [1.54, 1.807) is 37.3 Å². The summed E-state index contributed by atoms with van der Waals surface area (Å²) in [5.74, 6) is -0.529. The van der Waals surface area contributed by atoms with Crippen molar-refractivity contribution in [2.75, 3.05) is 0 Å². The summed E-state index contributed by atoms with van der Waals surface area (Å²) in [6, 6.07) is 12.0. The summed E-state index contributed by atoms with van der Waals surface area (Å²) < 4.78 is 35.9. The van der Waals surface area contributed by atoms with Crippen molar-refractivity contribution < 1.29 is 17.6 Å².